The van der Waals surface area contributed by atoms with Crippen molar-refractivity contribution < 1.29 is 4.79 Å². The number of amides is 1. The lowest BCUT2D eigenvalue weighted by molar-refractivity contribution is -0.116. The third kappa shape index (κ3) is 2.87. The molecule has 1 heterocycles. The molecule has 2 aliphatic rings. The summed E-state index contributed by atoms with van der Waals surface area (Å²) >= 11 is 0. The van der Waals surface area contributed by atoms with Crippen LogP contribution < -0.4 is 10.6 Å². The summed E-state index contributed by atoms with van der Waals surface area (Å²) in [6.45, 7) is 1.90. The number of rotatable bonds is 3. The van der Waals surface area contributed by atoms with E-state index in [9.17, 15) is 4.79 Å². The summed E-state index contributed by atoms with van der Waals surface area (Å²) < 4.78 is 0. The molecule has 3 rings (SSSR count). The van der Waals surface area contributed by atoms with Crippen molar-refractivity contribution in [3.63, 3.8) is 0 Å². The largest absolute Gasteiger partial charge is 0.326 e. The van der Waals surface area contributed by atoms with E-state index in [2.05, 4.69) is 28.9 Å². The van der Waals surface area contributed by atoms with E-state index in [0.29, 0.717) is 12.3 Å². The number of anilines is 1. The predicted molar refractivity (Wildman–Crippen MR) is 77.0 cm³/mol. The molecule has 0 aromatic heterocycles. The van der Waals surface area contributed by atoms with Gasteiger partial charge in [-0.2, -0.15) is 0 Å². The van der Waals surface area contributed by atoms with E-state index >= 15 is 0 Å². The van der Waals surface area contributed by atoms with E-state index in [1.165, 1.54) is 11.1 Å². The van der Waals surface area contributed by atoms with Crippen molar-refractivity contribution in [1.82, 2.24) is 5.32 Å². The van der Waals surface area contributed by atoms with Gasteiger partial charge in [0.1, 0.15) is 0 Å². The van der Waals surface area contributed by atoms with Gasteiger partial charge in [-0.25, -0.2) is 0 Å². The molecule has 1 amide bonds. The van der Waals surface area contributed by atoms with Gasteiger partial charge < -0.3 is 10.6 Å². The maximum Gasteiger partial charge on any atom is 0.224 e. The molecule has 100 valence electrons. The van der Waals surface area contributed by atoms with Crippen LogP contribution in [0.3, 0.4) is 0 Å². The summed E-state index contributed by atoms with van der Waals surface area (Å²) in [5, 5.41) is 6.45. The average molecular weight is 256 g/mol. The fourth-order valence-corrected chi connectivity index (χ4v) is 2.95. The molecule has 3 heteroatoms. The smallest absolute Gasteiger partial charge is 0.224 e. The monoisotopic (exact) mass is 256 g/mol. The quantitative estimate of drug-likeness (QED) is 0.816. The Morgan fingerprint density at radius 3 is 3.21 bits per heavy atom. The summed E-state index contributed by atoms with van der Waals surface area (Å²) in [6, 6.07) is 6.18. The minimum absolute atomic E-state index is 0.142. The zero-order chi connectivity index (χ0) is 13.1. The number of benzene rings is 1. The third-order valence-electron chi connectivity index (χ3n) is 3.97. The Kier molecular flexibility index (Phi) is 3.65. The topological polar surface area (TPSA) is 41.1 Å². The molecule has 1 aromatic carbocycles. The standard InChI is InChI=1S/C16H20N2O/c19-16(10-12-4-1-2-5-12)18-15-7-3-6-13-11-17-9-8-14(13)15/h1,3-4,6-7,12,17H,2,5,8-11H2,(H,18,19). The van der Waals surface area contributed by atoms with Gasteiger partial charge in [0.2, 0.25) is 5.91 Å². The van der Waals surface area contributed by atoms with E-state index < -0.39 is 0 Å². The fraction of sp³-hybridized carbons (Fsp3) is 0.438. The molecule has 1 aliphatic heterocycles. The maximum absolute atomic E-state index is 12.1. The minimum Gasteiger partial charge on any atom is -0.326 e. The first kappa shape index (κ1) is 12.4. The van der Waals surface area contributed by atoms with E-state index in [1.807, 2.05) is 12.1 Å². The van der Waals surface area contributed by atoms with Crippen molar-refractivity contribution in [2.75, 3.05) is 11.9 Å². The van der Waals surface area contributed by atoms with Crippen LogP contribution in [0.4, 0.5) is 5.69 Å². The summed E-state index contributed by atoms with van der Waals surface area (Å²) in [7, 11) is 0. The summed E-state index contributed by atoms with van der Waals surface area (Å²) in [6.07, 6.45) is 8.18. The molecule has 0 fully saturated rings. The van der Waals surface area contributed by atoms with E-state index in [0.717, 1.165) is 38.0 Å². The van der Waals surface area contributed by atoms with Crippen LogP contribution in [-0.4, -0.2) is 12.5 Å². The lowest BCUT2D eigenvalue weighted by Crippen LogP contribution is -2.25. The second kappa shape index (κ2) is 5.57. The highest BCUT2D eigenvalue weighted by atomic mass is 16.1. The summed E-state index contributed by atoms with van der Waals surface area (Å²) in [5.41, 5.74) is 3.62. The Bertz CT molecular complexity index is 507. The molecule has 0 saturated heterocycles. The Morgan fingerprint density at radius 2 is 2.37 bits per heavy atom. The zero-order valence-corrected chi connectivity index (χ0v) is 11.1. The van der Waals surface area contributed by atoms with Crippen LogP contribution in [0.15, 0.2) is 30.4 Å². The van der Waals surface area contributed by atoms with Gasteiger partial charge in [-0.15, -0.1) is 0 Å². The predicted octanol–water partition coefficient (Wildman–Crippen LogP) is 2.63. The lowest BCUT2D eigenvalue weighted by atomic mass is 9.98. The van der Waals surface area contributed by atoms with Crippen LogP contribution in [-0.2, 0) is 17.8 Å². The van der Waals surface area contributed by atoms with Crippen molar-refractivity contribution in [2.24, 2.45) is 5.92 Å². The first-order valence-corrected chi connectivity index (χ1v) is 7.11. The van der Waals surface area contributed by atoms with Crippen LogP contribution >= 0.6 is 0 Å². The van der Waals surface area contributed by atoms with E-state index in [4.69, 9.17) is 0 Å². The highest BCUT2D eigenvalue weighted by molar-refractivity contribution is 5.92. The molecule has 19 heavy (non-hydrogen) atoms. The maximum atomic E-state index is 12.1. The zero-order valence-electron chi connectivity index (χ0n) is 11.1. The number of hydrogen-bond donors (Lipinski definition) is 2. The Labute approximate surface area is 114 Å². The molecule has 0 radical (unpaired) electrons. The lowest BCUT2D eigenvalue weighted by Gasteiger charge is -2.20. The van der Waals surface area contributed by atoms with Gasteiger partial charge in [0.15, 0.2) is 0 Å². The Balaban J connectivity index is 1.69. The van der Waals surface area contributed by atoms with Crippen LogP contribution in [0.25, 0.3) is 0 Å². The second-order valence-electron chi connectivity index (χ2n) is 5.39. The Morgan fingerprint density at radius 1 is 1.42 bits per heavy atom. The average Bonchev–Trinajstić information content (AvgIpc) is 2.92. The van der Waals surface area contributed by atoms with Crippen LogP contribution in [0.5, 0.6) is 0 Å². The van der Waals surface area contributed by atoms with Crippen molar-refractivity contribution in [1.29, 1.82) is 0 Å². The third-order valence-corrected chi connectivity index (χ3v) is 3.97. The molecule has 0 saturated carbocycles. The van der Waals surface area contributed by atoms with Crippen molar-refractivity contribution in [2.45, 2.75) is 32.2 Å². The first-order valence-electron chi connectivity index (χ1n) is 7.11. The molecular weight excluding hydrogens is 236 g/mol. The van der Waals surface area contributed by atoms with Gasteiger partial charge in [-0.3, -0.25) is 4.79 Å². The number of allylic oxidation sites excluding steroid dienone is 2. The number of carbonyl (C=O) groups is 1. The highest BCUT2D eigenvalue weighted by Gasteiger charge is 2.17. The van der Waals surface area contributed by atoms with Gasteiger partial charge >= 0.3 is 0 Å². The summed E-state index contributed by atoms with van der Waals surface area (Å²) in [4.78, 5) is 12.1. The highest BCUT2D eigenvalue weighted by Crippen LogP contribution is 2.25. The Hall–Kier alpha value is -1.61. The second-order valence-corrected chi connectivity index (χ2v) is 5.39. The minimum atomic E-state index is 0.142. The van der Waals surface area contributed by atoms with Gasteiger partial charge in [0, 0.05) is 18.7 Å². The number of nitrogens with one attached hydrogen (secondary N) is 2. The van der Waals surface area contributed by atoms with Crippen molar-refractivity contribution in [3.05, 3.63) is 41.5 Å². The van der Waals surface area contributed by atoms with Crippen LogP contribution in [0.1, 0.15) is 30.4 Å². The molecule has 1 atom stereocenters. The van der Waals surface area contributed by atoms with Gasteiger partial charge in [0.05, 0.1) is 0 Å². The SMILES string of the molecule is O=C(CC1C=CCC1)Nc1cccc2c1CCNC2. The molecule has 3 nitrogen and oxygen atoms in total. The molecule has 1 aromatic rings. The van der Waals surface area contributed by atoms with E-state index in [-0.39, 0.29) is 5.91 Å². The summed E-state index contributed by atoms with van der Waals surface area (Å²) in [5.74, 6) is 0.574. The molecule has 0 spiro atoms. The van der Waals surface area contributed by atoms with Gasteiger partial charge in [0.25, 0.3) is 0 Å². The molecule has 1 unspecified atom stereocenters. The number of carbonyl (C=O) groups excluding carboxylic acids is 1. The van der Waals surface area contributed by atoms with E-state index in [1.54, 1.807) is 0 Å². The van der Waals surface area contributed by atoms with Crippen LogP contribution in [0.2, 0.25) is 0 Å². The number of fused-ring (bicyclic) bond motifs is 1. The van der Waals surface area contributed by atoms with Crippen LogP contribution in [0, 0.1) is 5.92 Å². The van der Waals surface area contributed by atoms with Crippen molar-refractivity contribution in [3.8, 4) is 0 Å². The molecule has 1 aliphatic carbocycles. The fourth-order valence-electron chi connectivity index (χ4n) is 2.95. The first-order chi connectivity index (χ1) is 9.33. The molecule has 0 bridgehead atoms. The normalized spacial score (nSPS) is 21.2. The number of hydrogen-bond acceptors (Lipinski definition) is 2. The molecule has 2 N–H and O–H groups in total. The van der Waals surface area contributed by atoms with Gasteiger partial charge in [-0.05, 0) is 48.9 Å². The van der Waals surface area contributed by atoms with Gasteiger partial charge in [-0.1, -0.05) is 24.3 Å². The molecular formula is C16H20N2O. The van der Waals surface area contributed by atoms with Crippen molar-refractivity contribution >= 4 is 11.6 Å².